The van der Waals surface area contributed by atoms with E-state index in [2.05, 4.69) is 26.1 Å². The van der Waals surface area contributed by atoms with Gasteiger partial charge in [0.2, 0.25) is 5.91 Å². The lowest BCUT2D eigenvalue weighted by Crippen LogP contribution is -2.42. The number of hydrogen-bond donors (Lipinski definition) is 2. The van der Waals surface area contributed by atoms with Crippen LogP contribution in [0.1, 0.15) is 52.9 Å². The Labute approximate surface area is 111 Å². The van der Waals surface area contributed by atoms with Gasteiger partial charge in [0.15, 0.2) is 0 Å². The minimum atomic E-state index is 0.0764. The summed E-state index contributed by atoms with van der Waals surface area (Å²) in [6.07, 6.45) is 5.95. The number of carbonyl (C=O) groups is 1. The molecule has 2 fully saturated rings. The molecule has 0 aromatic carbocycles. The molecule has 0 aliphatic heterocycles. The molecule has 0 radical (unpaired) electrons. The molecule has 4 atom stereocenters. The maximum absolute atomic E-state index is 12.1. The Balaban J connectivity index is 1.72. The summed E-state index contributed by atoms with van der Waals surface area (Å²) in [4.78, 5) is 12.1. The molecule has 2 rings (SSSR count). The van der Waals surface area contributed by atoms with E-state index in [4.69, 9.17) is 5.73 Å². The maximum atomic E-state index is 12.1. The van der Waals surface area contributed by atoms with Crippen LogP contribution in [0.4, 0.5) is 0 Å². The van der Waals surface area contributed by atoms with Crippen molar-refractivity contribution in [2.24, 2.45) is 28.9 Å². The third-order valence-electron chi connectivity index (χ3n) is 4.49. The molecule has 1 amide bonds. The van der Waals surface area contributed by atoms with E-state index in [9.17, 15) is 4.79 Å². The first kappa shape index (κ1) is 13.9. The molecule has 3 heteroatoms. The van der Waals surface area contributed by atoms with E-state index in [0.29, 0.717) is 12.5 Å². The Kier molecular flexibility index (Phi) is 4.00. The smallest absolute Gasteiger partial charge is 0.223 e. The van der Waals surface area contributed by atoms with Crippen LogP contribution in [0.2, 0.25) is 0 Å². The molecular formula is C15H28N2O. The van der Waals surface area contributed by atoms with Gasteiger partial charge in [-0.3, -0.25) is 4.79 Å². The van der Waals surface area contributed by atoms with Crippen molar-refractivity contribution in [2.75, 3.05) is 6.54 Å². The highest BCUT2D eigenvalue weighted by Gasteiger charge is 2.42. The van der Waals surface area contributed by atoms with E-state index in [1.807, 2.05) is 0 Å². The van der Waals surface area contributed by atoms with Gasteiger partial charge in [-0.05, 0) is 42.9 Å². The fourth-order valence-electron chi connectivity index (χ4n) is 3.79. The standard InChI is InChI=1S/C15H28N2O/c1-15(2,3)8-12(16)9-17-14(18)13-7-10-4-5-11(13)6-10/h10-13H,4-9,16H2,1-3H3,(H,17,18). The third kappa shape index (κ3) is 3.47. The molecule has 2 aliphatic rings. The number of rotatable bonds is 4. The second-order valence-electron chi connectivity index (χ2n) is 7.55. The van der Waals surface area contributed by atoms with E-state index in [1.54, 1.807) is 0 Å². The average Bonchev–Trinajstić information content (AvgIpc) is 2.84. The summed E-state index contributed by atoms with van der Waals surface area (Å²) in [6, 6.07) is 0.0764. The van der Waals surface area contributed by atoms with Gasteiger partial charge in [0.1, 0.15) is 0 Å². The molecule has 0 heterocycles. The van der Waals surface area contributed by atoms with Crippen molar-refractivity contribution in [1.82, 2.24) is 5.32 Å². The SMILES string of the molecule is CC(C)(C)CC(N)CNC(=O)C1CC2CCC1C2. The summed E-state index contributed by atoms with van der Waals surface area (Å²) in [5, 5.41) is 3.07. The zero-order chi connectivity index (χ0) is 13.3. The zero-order valence-electron chi connectivity index (χ0n) is 12.0. The second-order valence-corrected chi connectivity index (χ2v) is 7.55. The second kappa shape index (κ2) is 5.20. The van der Waals surface area contributed by atoms with Gasteiger partial charge in [0.05, 0.1) is 0 Å². The van der Waals surface area contributed by atoms with E-state index >= 15 is 0 Å². The molecule has 104 valence electrons. The van der Waals surface area contributed by atoms with Crippen molar-refractivity contribution in [1.29, 1.82) is 0 Å². The fourth-order valence-corrected chi connectivity index (χ4v) is 3.79. The van der Waals surface area contributed by atoms with E-state index < -0.39 is 0 Å². The van der Waals surface area contributed by atoms with Crippen LogP contribution in [0.5, 0.6) is 0 Å². The highest BCUT2D eigenvalue weighted by atomic mass is 16.1. The average molecular weight is 252 g/mol. The fraction of sp³-hybridized carbons (Fsp3) is 0.933. The minimum Gasteiger partial charge on any atom is -0.354 e. The van der Waals surface area contributed by atoms with Crippen LogP contribution < -0.4 is 11.1 Å². The molecule has 0 aromatic heterocycles. The number of hydrogen-bond acceptors (Lipinski definition) is 2. The van der Waals surface area contributed by atoms with E-state index in [-0.39, 0.29) is 23.3 Å². The summed E-state index contributed by atoms with van der Waals surface area (Å²) in [6.45, 7) is 7.18. The molecule has 0 saturated heterocycles. The van der Waals surface area contributed by atoms with Crippen molar-refractivity contribution < 1.29 is 4.79 Å². The largest absolute Gasteiger partial charge is 0.354 e. The highest BCUT2D eigenvalue weighted by molar-refractivity contribution is 5.79. The predicted octanol–water partition coefficient (Wildman–Crippen LogP) is 2.30. The molecular weight excluding hydrogens is 224 g/mol. The zero-order valence-corrected chi connectivity index (χ0v) is 12.0. The summed E-state index contributed by atoms with van der Waals surface area (Å²) >= 11 is 0. The van der Waals surface area contributed by atoms with Crippen LogP contribution in [0.25, 0.3) is 0 Å². The van der Waals surface area contributed by atoms with Gasteiger partial charge >= 0.3 is 0 Å². The van der Waals surface area contributed by atoms with Gasteiger partial charge in [-0.1, -0.05) is 27.2 Å². The van der Waals surface area contributed by atoms with Crippen LogP contribution in [-0.2, 0) is 4.79 Å². The van der Waals surface area contributed by atoms with Gasteiger partial charge in [0, 0.05) is 18.5 Å². The van der Waals surface area contributed by atoms with Gasteiger partial charge in [-0.2, -0.15) is 0 Å². The molecule has 3 nitrogen and oxygen atoms in total. The van der Waals surface area contributed by atoms with Crippen LogP contribution in [0.3, 0.4) is 0 Å². The summed E-state index contributed by atoms with van der Waals surface area (Å²) in [5.41, 5.74) is 6.30. The minimum absolute atomic E-state index is 0.0764. The van der Waals surface area contributed by atoms with Crippen LogP contribution in [0, 0.1) is 23.2 Å². The molecule has 2 bridgehead atoms. The normalized spacial score (nSPS) is 32.6. The van der Waals surface area contributed by atoms with Crippen molar-refractivity contribution in [3.63, 3.8) is 0 Å². The number of nitrogens with one attached hydrogen (secondary N) is 1. The maximum Gasteiger partial charge on any atom is 0.223 e. The topological polar surface area (TPSA) is 55.1 Å². The first-order chi connectivity index (χ1) is 8.35. The van der Waals surface area contributed by atoms with Gasteiger partial charge in [0.25, 0.3) is 0 Å². The van der Waals surface area contributed by atoms with Crippen molar-refractivity contribution in [2.45, 2.75) is 58.9 Å². The first-order valence-electron chi connectivity index (χ1n) is 7.38. The third-order valence-corrected chi connectivity index (χ3v) is 4.49. The van der Waals surface area contributed by atoms with E-state index in [0.717, 1.165) is 18.8 Å². The van der Waals surface area contributed by atoms with Gasteiger partial charge in [-0.15, -0.1) is 0 Å². The molecule has 3 N–H and O–H groups in total. The molecule has 18 heavy (non-hydrogen) atoms. The predicted molar refractivity (Wildman–Crippen MR) is 74.0 cm³/mol. The van der Waals surface area contributed by atoms with Crippen molar-refractivity contribution in [3.8, 4) is 0 Å². The molecule has 2 aliphatic carbocycles. The first-order valence-corrected chi connectivity index (χ1v) is 7.38. The molecule has 4 unspecified atom stereocenters. The lowest BCUT2D eigenvalue weighted by molar-refractivity contribution is -0.126. The van der Waals surface area contributed by atoms with Crippen LogP contribution in [0.15, 0.2) is 0 Å². The lowest BCUT2D eigenvalue weighted by atomic mass is 9.87. The van der Waals surface area contributed by atoms with Gasteiger partial charge in [-0.25, -0.2) is 0 Å². The number of amides is 1. The highest BCUT2D eigenvalue weighted by Crippen LogP contribution is 2.48. The molecule has 0 aromatic rings. The van der Waals surface area contributed by atoms with Crippen molar-refractivity contribution >= 4 is 5.91 Å². The summed E-state index contributed by atoms with van der Waals surface area (Å²) in [7, 11) is 0. The number of nitrogens with two attached hydrogens (primary N) is 1. The Morgan fingerprint density at radius 1 is 1.33 bits per heavy atom. The summed E-state index contributed by atoms with van der Waals surface area (Å²) < 4.78 is 0. The Bertz CT molecular complexity index is 308. The summed E-state index contributed by atoms with van der Waals surface area (Å²) in [5.74, 6) is 2.03. The van der Waals surface area contributed by atoms with Crippen LogP contribution >= 0.6 is 0 Å². The quantitative estimate of drug-likeness (QED) is 0.806. The van der Waals surface area contributed by atoms with E-state index in [1.165, 1.54) is 19.3 Å². The molecule has 2 saturated carbocycles. The Morgan fingerprint density at radius 3 is 2.56 bits per heavy atom. The number of fused-ring (bicyclic) bond motifs is 2. The Morgan fingerprint density at radius 2 is 2.06 bits per heavy atom. The Hall–Kier alpha value is -0.570. The van der Waals surface area contributed by atoms with Crippen molar-refractivity contribution in [3.05, 3.63) is 0 Å². The van der Waals surface area contributed by atoms with Crippen LogP contribution in [-0.4, -0.2) is 18.5 Å². The number of carbonyl (C=O) groups excluding carboxylic acids is 1. The monoisotopic (exact) mass is 252 g/mol. The van der Waals surface area contributed by atoms with Gasteiger partial charge < -0.3 is 11.1 Å². The molecule has 0 spiro atoms. The lowest BCUT2D eigenvalue weighted by Gasteiger charge is -2.25.